The van der Waals surface area contributed by atoms with Gasteiger partial charge in [-0.2, -0.15) is 0 Å². The molecule has 1 amide bonds. The minimum absolute atomic E-state index is 0.116. The van der Waals surface area contributed by atoms with Crippen LogP contribution in [0.3, 0.4) is 0 Å². The first kappa shape index (κ1) is 15.4. The lowest BCUT2D eigenvalue weighted by Gasteiger charge is -2.07. The average molecular weight is 325 g/mol. The topological polar surface area (TPSA) is 67.2 Å². The molecule has 2 atom stereocenters. The Balaban J connectivity index is 1.42. The minimum atomic E-state index is -0.116. The van der Waals surface area contributed by atoms with Crippen molar-refractivity contribution in [2.75, 3.05) is 11.9 Å². The highest BCUT2D eigenvalue weighted by Crippen LogP contribution is 2.41. The predicted molar refractivity (Wildman–Crippen MR) is 92.2 cm³/mol. The maximum atomic E-state index is 12.5. The van der Waals surface area contributed by atoms with Gasteiger partial charge in [0.2, 0.25) is 0 Å². The number of aromatic nitrogens is 1. The van der Waals surface area contributed by atoms with Crippen molar-refractivity contribution in [3.05, 3.63) is 46.8 Å². The molecule has 2 N–H and O–H groups in total. The summed E-state index contributed by atoms with van der Waals surface area (Å²) >= 11 is 0. The third-order valence-corrected chi connectivity index (χ3v) is 5.00. The molecule has 1 aromatic heterocycles. The molecule has 2 aromatic rings. The average Bonchev–Trinajstić information content (AvgIpc) is 3.49. The Morgan fingerprint density at radius 2 is 2.17 bits per heavy atom. The summed E-state index contributed by atoms with van der Waals surface area (Å²) in [5.41, 5.74) is 3.29. The summed E-state index contributed by atoms with van der Waals surface area (Å²) in [4.78, 5) is 12.5. The maximum Gasteiger partial charge on any atom is 0.255 e. The third kappa shape index (κ3) is 3.22. The molecule has 0 saturated heterocycles. The van der Waals surface area contributed by atoms with Gasteiger partial charge in [0.25, 0.3) is 5.91 Å². The first-order valence-corrected chi connectivity index (χ1v) is 8.69. The zero-order valence-electron chi connectivity index (χ0n) is 14.1. The predicted octanol–water partition coefficient (Wildman–Crippen LogP) is 3.40. The van der Waals surface area contributed by atoms with Gasteiger partial charge in [-0.15, -0.1) is 0 Å². The fourth-order valence-corrected chi connectivity index (χ4v) is 3.19. The molecule has 126 valence electrons. The number of hydrogen-bond acceptors (Lipinski definition) is 4. The van der Waals surface area contributed by atoms with Crippen LogP contribution in [0.5, 0.6) is 0 Å². The van der Waals surface area contributed by atoms with Crippen molar-refractivity contribution < 1.29 is 9.32 Å². The van der Waals surface area contributed by atoms with Gasteiger partial charge in [0.1, 0.15) is 11.4 Å². The van der Waals surface area contributed by atoms with E-state index in [4.69, 9.17) is 4.52 Å². The van der Waals surface area contributed by atoms with Crippen molar-refractivity contribution in [2.45, 2.75) is 45.1 Å². The number of rotatable bonds is 6. The van der Waals surface area contributed by atoms with E-state index in [2.05, 4.69) is 21.9 Å². The molecule has 5 nitrogen and oxygen atoms in total. The second-order valence-corrected chi connectivity index (χ2v) is 7.08. The van der Waals surface area contributed by atoms with Crippen molar-refractivity contribution in [1.82, 2.24) is 10.5 Å². The van der Waals surface area contributed by atoms with Crippen LogP contribution in [0.25, 0.3) is 0 Å². The molecule has 1 aromatic carbocycles. The summed E-state index contributed by atoms with van der Waals surface area (Å²) in [6, 6.07) is 8.53. The zero-order valence-corrected chi connectivity index (χ0v) is 14.1. The van der Waals surface area contributed by atoms with Crippen LogP contribution in [0, 0.1) is 19.8 Å². The number of amides is 1. The first-order valence-electron chi connectivity index (χ1n) is 8.69. The largest absolute Gasteiger partial charge is 0.359 e. The molecular formula is C19H23N3O2. The molecule has 5 heteroatoms. The summed E-state index contributed by atoms with van der Waals surface area (Å²) in [6.45, 7) is 4.77. The molecule has 0 bridgehead atoms. The molecule has 0 unspecified atom stereocenters. The van der Waals surface area contributed by atoms with Crippen LogP contribution < -0.4 is 10.6 Å². The van der Waals surface area contributed by atoms with E-state index >= 15 is 0 Å². The van der Waals surface area contributed by atoms with Gasteiger partial charge in [-0.25, -0.2) is 0 Å². The molecule has 0 aliphatic heterocycles. The van der Waals surface area contributed by atoms with Gasteiger partial charge in [0.15, 0.2) is 5.76 Å². The van der Waals surface area contributed by atoms with Crippen molar-refractivity contribution in [2.24, 2.45) is 5.92 Å². The Morgan fingerprint density at radius 1 is 1.33 bits per heavy atom. The van der Waals surface area contributed by atoms with E-state index in [9.17, 15) is 4.79 Å². The quantitative estimate of drug-likeness (QED) is 0.854. The highest BCUT2D eigenvalue weighted by molar-refractivity contribution is 6.04. The van der Waals surface area contributed by atoms with E-state index in [0.717, 1.165) is 12.5 Å². The van der Waals surface area contributed by atoms with Crippen LogP contribution in [-0.2, 0) is 0 Å². The van der Waals surface area contributed by atoms with Gasteiger partial charge in [0.05, 0.1) is 0 Å². The molecule has 2 fully saturated rings. The van der Waals surface area contributed by atoms with Crippen LogP contribution in [0.1, 0.15) is 52.6 Å². The SMILES string of the molecule is Cc1noc(C)c1NC(=O)c1cccc([C@@H]2C[C@H]2NCC2CC2)c1. The molecule has 2 aliphatic rings. The molecular weight excluding hydrogens is 302 g/mol. The number of nitrogens with one attached hydrogen (secondary N) is 2. The van der Waals surface area contributed by atoms with Crippen molar-refractivity contribution in [3.63, 3.8) is 0 Å². The standard InChI is InChI=1S/C19H23N3O2/c1-11-18(12(2)24-22-11)21-19(23)15-5-3-4-14(8-15)16-9-17(16)20-10-13-6-7-13/h3-5,8,13,16-17,20H,6-7,9-10H2,1-2H3,(H,21,23)/t16-,17+/m0/s1. The van der Waals surface area contributed by atoms with Crippen molar-refractivity contribution in [3.8, 4) is 0 Å². The van der Waals surface area contributed by atoms with Crippen LogP contribution in [0.4, 0.5) is 5.69 Å². The number of carbonyl (C=O) groups is 1. The molecule has 2 aliphatic carbocycles. The highest BCUT2D eigenvalue weighted by atomic mass is 16.5. The van der Waals surface area contributed by atoms with Gasteiger partial charge in [-0.05, 0) is 63.3 Å². The number of carbonyl (C=O) groups excluding carboxylic acids is 1. The lowest BCUT2D eigenvalue weighted by atomic mass is 10.1. The molecule has 1 heterocycles. The maximum absolute atomic E-state index is 12.5. The number of nitrogens with zero attached hydrogens (tertiary/aromatic N) is 1. The Hall–Kier alpha value is -2.14. The van der Waals surface area contributed by atoms with Crippen LogP contribution in [0.15, 0.2) is 28.8 Å². The van der Waals surface area contributed by atoms with Crippen LogP contribution in [0.2, 0.25) is 0 Å². The van der Waals surface area contributed by atoms with E-state index < -0.39 is 0 Å². The summed E-state index contributed by atoms with van der Waals surface area (Å²) < 4.78 is 5.10. The van der Waals surface area contributed by atoms with Gasteiger partial charge >= 0.3 is 0 Å². The van der Waals surface area contributed by atoms with Crippen molar-refractivity contribution in [1.29, 1.82) is 0 Å². The van der Waals surface area contributed by atoms with Crippen LogP contribution >= 0.6 is 0 Å². The number of benzene rings is 1. The Morgan fingerprint density at radius 3 is 2.88 bits per heavy atom. The van der Waals surface area contributed by atoms with Gasteiger partial charge in [-0.3, -0.25) is 4.79 Å². The lowest BCUT2D eigenvalue weighted by molar-refractivity contribution is 0.102. The molecule has 0 radical (unpaired) electrons. The summed E-state index contributed by atoms with van der Waals surface area (Å²) in [5, 5.41) is 10.4. The summed E-state index contributed by atoms with van der Waals surface area (Å²) in [7, 11) is 0. The van der Waals surface area contributed by atoms with Gasteiger partial charge in [-0.1, -0.05) is 17.3 Å². The summed E-state index contributed by atoms with van der Waals surface area (Å²) in [6.07, 6.45) is 3.92. The first-order chi connectivity index (χ1) is 11.6. The van der Waals surface area contributed by atoms with E-state index in [1.165, 1.54) is 24.8 Å². The fourth-order valence-electron chi connectivity index (χ4n) is 3.19. The number of anilines is 1. The van der Waals surface area contributed by atoms with Crippen molar-refractivity contribution >= 4 is 11.6 Å². The second-order valence-electron chi connectivity index (χ2n) is 7.08. The second kappa shape index (κ2) is 6.06. The van der Waals surface area contributed by atoms with E-state index in [1.807, 2.05) is 25.1 Å². The Kier molecular flexibility index (Phi) is 3.88. The zero-order chi connectivity index (χ0) is 16.7. The smallest absolute Gasteiger partial charge is 0.255 e. The normalized spacial score (nSPS) is 22.4. The minimum Gasteiger partial charge on any atom is -0.359 e. The third-order valence-electron chi connectivity index (χ3n) is 5.00. The molecule has 2 saturated carbocycles. The van der Waals surface area contributed by atoms with E-state index in [-0.39, 0.29) is 5.91 Å². The number of hydrogen-bond donors (Lipinski definition) is 2. The van der Waals surface area contributed by atoms with Crippen LogP contribution in [-0.4, -0.2) is 23.7 Å². The Labute approximate surface area is 141 Å². The molecule has 4 rings (SSSR count). The Bertz CT molecular complexity index is 744. The monoisotopic (exact) mass is 325 g/mol. The number of aryl methyl sites for hydroxylation is 2. The highest BCUT2D eigenvalue weighted by Gasteiger charge is 2.39. The van der Waals surface area contributed by atoms with E-state index in [0.29, 0.717) is 34.7 Å². The van der Waals surface area contributed by atoms with Gasteiger partial charge < -0.3 is 15.2 Å². The fraction of sp³-hybridized carbons (Fsp3) is 0.474. The molecule has 24 heavy (non-hydrogen) atoms. The van der Waals surface area contributed by atoms with E-state index in [1.54, 1.807) is 6.92 Å². The summed E-state index contributed by atoms with van der Waals surface area (Å²) in [5.74, 6) is 1.95. The van der Waals surface area contributed by atoms with Gasteiger partial charge in [0, 0.05) is 17.5 Å². The molecule has 0 spiro atoms. The lowest BCUT2D eigenvalue weighted by Crippen LogP contribution is -2.20.